The van der Waals surface area contributed by atoms with Crippen LogP contribution in [0.25, 0.3) is 0 Å². The van der Waals surface area contributed by atoms with Gasteiger partial charge in [0.2, 0.25) is 0 Å². The fourth-order valence-electron chi connectivity index (χ4n) is 3.69. The molecule has 16 heteroatoms. The van der Waals surface area contributed by atoms with Gasteiger partial charge in [0.15, 0.2) is 0 Å². The number of fused-ring (bicyclic) bond motifs is 1. The molecule has 0 bridgehead atoms. The minimum atomic E-state index is -5.08. The fourth-order valence-corrected chi connectivity index (χ4v) is 3.69. The molecule has 2 fully saturated rings. The molecule has 0 spiro atoms. The van der Waals surface area contributed by atoms with E-state index in [9.17, 15) is 31.1 Å². The Balaban J connectivity index is 0.000000317. The summed E-state index contributed by atoms with van der Waals surface area (Å²) >= 11 is 0. The van der Waals surface area contributed by atoms with E-state index in [0.29, 0.717) is 18.8 Å². The zero-order valence-corrected chi connectivity index (χ0v) is 20.1. The van der Waals surface area contributed by atoms with E-state index < -0.39 is 24.3 Å². The lowest BCUT2D eigenvalue weighted by Crippen LogP contribution is -2.54. The molecule has 39 heavy (non-hydrogen) atoms. The molecule has 0 radical (unpaired) electrons. The van der Waals surface area contributed by atoms with Crippen LogP contribution >= 0.6 is 0 Å². The van der Waals surface area contributed by atoms with Crippen molar-refractivity contribution in [2.24, 2.45) is 0 Å². The number of ether oxygens (including phenoxy) is 2. The number of alkyl halides is 6. The second-order valence-electron chi connectivity index (χ2n) is 8.09. The topological polar surface area (TPSA) is 139 Å². The first-order valence-corrected chi connectivity index (χ1v) is 11.1. The Bertz CT molecular complexity index is 1110. The highest BCUT2D eigenvalue weighted by molar-refractivity contribution is 5.92. The highest BCUT2D eigenvalue weighted by atomic mass is 19.4. The first-order chi connectivity index (χ1) is 18.1. The number of pyridine rings is 2. The van der Waals surface area contributed by atoms with Gasteiger partial charge >= 0.3 is 24.3 Å². The zero-order valence-electron chi connectivity index (χ0n) is 20.1. The Kier molecular flexibility index (Phi) is 10.6. The van der Waals surface area contributed by atoms with Crippen LogP contribution in [0.4, 0.5) is 26.3 Å². The van der Waals surface area contributed by atoms with Crippen LogP contribution in [0.1, 0.15) is 29.0 Å². The fraction of sp³-hybridized carbons (Fsp3) is 0.435. The summed E-state index contributed by atoms with van der Waals surface area (Å²) in [6, 6.07) is 9.32. The summed E-state index contributed by atoms with van der Waals surface area (Å²) < 4.78 is 75.5. The lowest BCUT2D eigenvalue weighted by molar-refractivity contribution is -0.193. The average Bonchev–Trinajstić information content (AvgIpc) is 3.26. The van der Waals surface area contributed by atoms with Gasteiger partial charge in [0, 0.05) is 18.4 Å². The predicted molar refractivity (Wildman–Crippen MR) is 119 cm³/mol. The molecule has 2 N–H and O–H groups in total. The minimum absolute atomic E-state index is 0.0240. The second-order valence-corrected chi connectivity index (χ2v) is 8.09. The van der Waals surface area contributed by atoms with Crippen molar-refractivity contribution in [3.8, 4) is 5.75 Å². The number of carboxylic acids is 2. The van der Waals surface area contributed by atoms with Crippen LogP contribution in [0.5, 0.6) is 5.75 Å². The number of morpholine rings is 1. The van der Waals surface area contributed by atoms with Crippen molar-refractivity contribution in [1.29, 1.82) is 0 Å². The largest absolute Gasteiger partial charge is 0.490 e. The van der Waals surface area contributed by atoms with Gasteiger partial charge in [-0.2, -0.15) is 26.3 Å². The van der Waals surface area contributed by atoms with Crippen molar-refractivity contribution >= 4 is 17.8 Å². The van der Waals surface area contributed by atoms with Crippen molar-refractivity contribution in [1.82, 2.24) is 14.9 Å². The molecule has 0 unspecified atom stereocenters. The monoisotopic (exact) mass is 567 g/mol. The van der Waals surface area contributed by atoms with E-state index >= 15 is 0 Å². The van der Waals surface area contributed by atoms with Crippen molar-refractivity contribution in [2.45, 2.75) is 50.4 Å². The summed E-state index contributed by atoms with van der Waals surface area (Å²) in [6.07, 6.45) is -5.19. The number of aromatic nitrogens is 2. The van der Waals surface area contributed by atoms with Gasteiger partial charge in [-0.05, 0) is 44.0 Å². The van der Waals surface area contributed by atoms with Crippen LogP contribution < -0.4 is 4.74 Å². The summed E-state index contributed by atoms with van der Waals surface area (Å²) in [6.45, 7) is 3.01. The molecule has 0 aromatic carbocycles. The number of amides is 1. The molecule has 1 aliphatic carbocycles. The number of carbonyl (C=O) groups excluding carboxylic acids is 1. The Morgan fingerprint density at radius 2 is 1.62 bits per heavy atom. The molecule has 1 amide bonds. The van der Waals surface area contributed by atoms with Crippen LogP contribution in [0, 0.1) is 6.92 Å². The Morgan fingerprint density at radius 1 is 1.00 bits per heavy atom. The smallest absolute Gasteiger partial charge is 0.486 e. The van der Waals surface area contributed by atoms with E-state index in [1.807, 2.05) is 36.1 Å². The second kappa shape index (κ2) is 13.2. The van der Waals surface area contributed by atoms with Gasteiger partial charge in [-0.3, -0.25) is 9.78 Å². The molecule has 4 rings (SSSR count). The van der Waals surface area contributed by atoms with Crippen molar-refractivity contribution in [2.75, 3.05) is 13.2 Å². The van der Waals surface area contributed by atoms with Crippen LogP contribution in [-0.2, 0) is 14.3 Å². The third kappa shape index (κ3) is 9.38. The molecule has 1 saturated heterocycles. The Labute approximate surface area is 217 Å². The highest BCUT2D eigenvalue weighted by Gasteiger charge is 2.46. The van der Waals surface area contributed by atoms with Crippen molar-refractivity contribution < 1.29 is 60.4 Å². The summed E-state index contributed by atoms with van der Waals surface area (Å²) in [7, 11) is 0. The number of halogens is 6. The number of nitrogens with zero attached hydrogens (tertiary/aromatic N) is 3. The molecule has 1 aliphatic heterocycles. The summed E-state index contributed by atoms with van der Waals surface area (Å²) in [5.74, 6) is -4.80. The SMILES string of the molecule is Cc1cccc(C(=O)N2CCO[C@H]3[C@H](Oc4cccnc4)CC[C@@H]32)n1.O=C(O)C(F)(F)F.O=C(O)C(F)(F)F. The summed E-state index contributed by atoms with van der Waals surface area (Å²) in [4.78, 5) is 41.1. The molecule has 2 aromatic heterocycles. The Morgan fingerprint density at radius 3 is 2.13 bits per heavy atom. The maximum Gasteiger partial charge on any atom is 0.490 e. The molecular formula is C23H23F6N3O7. The predicted octanol–water partition coefficient (Wildman–Crippen LogP) is 3.50. The van der Waals surface area contributed by atoms with Gasteiger partial charge in [-0.15, -0.1) is 0 Å². The van der Waals surface area contributed by atoms with E-state index in [1.54, 1.807) is 18.5 Å². The number of aliphatic carboxylic acids is 2. The van der Waals surface area contributed by atoms with Gasteiger partial charge in [0.05, 0.1) is 18.8 Å². The number of carboxylic acid groups (broad SMARTS) is 2. The maximum absolute atomic E-state index is 12.9. The van der Waals surface area contributed by atoms with Crippen LogP contribution in [0.2, 0.25) is 0 Å². The molecule has 2 aliphatic rings. The van der Waals surface area contributed by atoms with Gasteiger partial charge in [-0.25, -0.2) is 14.6 Å². The van der Waals surface area contributed by atoms with Crippen LogP contribution in [0.15, 0.2) is 42.7 Å². The zero-order chi connectivity index (χ0) is 29.4. The molecule has 3 heterocycles. The third-order valence-electron chi connectivity index (χ3n) is 5.31. The van der Waals surface area contributed by atoms with Crippen LogP contribution in [0.3, 0.4) is 0 Å². The number of hydrogen-bond acceptors (Lipinski definition) is 7. The minimum Gasteiger partial charge on any atom is -0.486 e. The summed E-state index contributed by atoms with van der Waals surface area (Å²) in [5, 5.41) is 14.2. The van der Waals surface area contributed by atoms with Crippen molar-refractivity contribution in [3.63, 3.8) is 0 Å². The van der Waals surface area contributed by atoms with E-state index in [2.05, 4.69) is 9.97 Å². The lowest BCUT2D eigenvalue weighted by atomic mass is 10.1. The normalized spacial score (nSPS) is 20.4. The number of hydrogen-bond donors (Lipinski definition) is 2. The molecular weight excluding hydrogens is 544 g/mol. The Hall–Kier alpha value is -3.95. The average molecular weight is 567 g/mol. The van der Waals surface area contributed by atoms with Gasteiger partial charge in [-0.1, -0.05) is 6.07 Å². The van der Waals surface area contributed by atoms with Gasteiger partial charge < -0.3 is 24.6 Å². The molecule has 214 valence electrons. The molecule has 3 atom stereocenters. The molecule has 10 nitrogen and oxygen atoms in total. The highest BCUT2D eigenvalue weighted by Crippen LogP contribution is 2.33. The number of rotatable bonds is 3. The van der Waals surface area contributed by atoms with E-state index in [-0.39, 0.29) is 24.2 Å². The summed E-state index contributed by atoms with van der Waals surface area (Å²) in [5.41, 5.74) is 1.34. The first-order valence-electron chi connectivity index (χ1n) is 11.1. The van der Waals surface area contributed by atoms with E-state index in [4.69, 9.17) is 29.3 Å². The standard InChI is InChI=1S/C19H21N3O3.2C2HF3O2/c1-13-4-2-6-15(21-13)19(23)22-10-11-24-18-16(22)7-8-17(18)25-14-5-3-9-20-12-14;2*3-2(4,5)1(6)7/h2-6,9,12,16-18H,7-8,10-11H2,1H3;2*(H,6,7)/t16-,17+,18+;;/m0../s1. The van der Waals surface area contributed by atoms with Crippen LogP contribution in [-0.4, -0.2) is 86.7 Å². The van der Waals surface area contributed by atoms with E-state index in [0.717, 1.165) is 24.3 Å². The molecule has 2 aromatic rings. The lowest BCUT2D eigenvalue weighted by Gasteiger charge is -2.38. The van der Waals surface area contributed by atoms with E-state index in [1.165, 1.54) is 0 Å². The number of carbonyl (C=O) groups is 3. The quantitative estimate of drug-likeness (QED) is 0.534. The van der Waals surface area contributed by atoms with Crippen molar-refractivity contribution in [3.05, 3.63) is 54.1 Å². The third-order valence-corrected chi connectivity index (χ3v) is 5.31. The van der Waals surface area contributed by atoms with Gasteiger partial charge in [0.25, 0.3) is 5.91 Å². The maximum atomic E-state index is 12.9. The van der Waals surface area contributed by atoms with Gasteiger partial charge in [0.1, 0.15) is 23.7 Å². The first kappa shape index (κ1) is 31.3. The number of aryl methyl sites for hydroxylation is 1. The molecule has 1 saturated carbocycles.